The van der Waals surface area contributed by atoms with E-state index in [-0.39, 0.29) is 49.5 Å². The van der Waals surface area contributed by atoms with Crippen LogP contribution >= 0.6 is 0 Å². The highest BCUT2D eigenvalue weighted by Crippen LogP contribution is 2.43. The molecular formula is C35H38F2N6O2. The van der Waals surface area contributed by atoms with Gasteiger partial charge >= 0.3 is 0 Å². The van der Waals surface area contributed by atoms with Crippen molar-refractivity contribution in [3.63, 3.8) is 0 Å². The molecule has 1 amide bonds. The van der Waals surface area contributed by atoms with Crippen LogP contribution in [0.5, 0.6) is 0 Å². The van der Waals surface area contributed by atoms with Crippen LogP contribution in [0, 0.1) is 23.8 Å². The summed E-state index contributed by atoms with van der Waals surface area (Å²) in [6.07, 6.45) is 9.55. The second-order valence-corrected chi connectivity index (χ2v) is 12.5. The summed E-state index contributed by atoms with van der Waals surface area (Å²) in [5.74, 6) is -2.64. The predicted molar refractivity (Wildman–Crippen MR) is 168 cm³/mol. The Morgan fingerprint density at radius 2 is 2.02 bits per heavy atom. The van der Waals surface area contributed by atoms with Crippen LogP contribution in [0.1, 0.15) is 42.4 Å². The molecule has 3 heterocycles. The largest absolute Gasteiger partial charge is 0.475 e. The molecule has 234 valence electrons. The van der Waals surface area contributed by atoms with Crippen molar-refractivity contribution in [2.45, 2.75) is 56.7 Å². The number of ether oxygens (including phenoxy) is 1. The first-order chi connectivity index (χ1) is 21.8. The number of hydrogen-bond donors (Lipinski definition) is 0. The number of hydrogen-bond acceptors (Lipinski definition) is 6. The Bertz CT molecular complexity index is 1600. The molecule has 2 saturated heterocycles. The minimum atomic E-state index is -1.08. The predicted octanol–water partition coefficient (Wildman–Crippen LogP) is 5.02. The van der Waals surface area contributed by atoms with E-state index in [0.29, 0.717) is 17.9 Å². The zero-order valence-electron chi connectivity index (χ0n) is 25.6. The van der Waals surface area contributed by atoms with E-state index in [1.807, 2.05) is 23.1 Å². The van der Waals surface area contributed by atoms with E-state index >= 15 is 4.39 Å². The molecule has 0 aromatic heterocycles. The van der Waals surface area contributed by atoms with Crippen molar-refractivity contribution < 1.29 is 18.3 Å². The number of likely N-dealkylation sites (N-methyl/N-ethyl adjacent to an activating group) is 1. The van der Waals surface area contributed by atoms with Gasteiger partial charge < -0.3 is 24.3 Å². The van der Waals surface area contributed by atoms with Gasteiger partial charge in [-0.05, 0) is 81.0 Å². The number of allylic oxidation sites excluding steroid dienone is 2. The van der Waals surface area contributed by atoms with Gasteiger partial charge in [0.2, 0.25) is 12.4 Å². The van der Waals surface area contributed by atoms with Gasteiger partial charge in [0.1, 0.15) is 30.1 Å². The number of carbonyl (C=O) groups is 1. The number of dihydropyridines is 1. The molecule has 5 aliphatic rings. The highest BCUT2D eigenvalue weighted by atomic mass is 19.1. The number of nitriles is 1. The lowest BCUT2D eigenvalue weighted by Gasteiger charge is -2.44. The number of benzene rings is 1. The maximum absolute atomic E-state index is 16.2. The van der Waals surface area contributed by atoms with Crippen molar-refractivity contribution in [2.24, 2.45) is 10.9 Å². The summed E-state index contributed by atoms with van der Waals surface area (Å²) in [4.78, 5) is 26.5. The average molecular weight is 613 g/mol. The molecule has 0 saturated carbocycles. The Labute approximate surface area is 263 Å². The zero-order valence-corrected chi connectivity index (χ0v) is 25.6. The summed E-state index contributed by atoms with van der Waals surface area (Å²) in [6, 6.07) is 7.44. The van der Waals surface area contributed by atoms with Crippen LogP contribution in [-0.2, 0) is 22.4 Å². The molecule has 1 aromatic rings. The Morgan fingerprint density at radius 3 is 2.76 bits per heavy atom. The van der Waals surface area contributed by atoms with Gasteiger partial charge in [0, 0.05) is 42.9 Å². The number of piperazine rings is 1. The molecule has 10 heteroatoms. The average Bonchev–Trinajstić information content (AvgIpc) is 3.46. The van der Waals surface area contributed by atoms with Gasteiger partial charge in [0.15, 0.2) is 5.83 Å². The van der Waals surface area contributed by atoms with Crippen LogP contribution in [0.4, 0.5) is 8.78 Å². The van der Waals surface area contributed by atoms with Crippen molar-refractivity contribution in [2.75, 3.05) is 46.4 Å². The number of amides is 1. The number of nitrogens with zero attached hydrogens (tertiary/aromatic N) is 6. The third kappa shape index (κ3) is 5.92. The standard InChI is InChI=1S/C35H38F2N6O2/c1-22(36)35(44)43-15-14-42(20-25(43)19-39-2)33-29-16-31(37)28(27-12-6-9-23-8-4-5-11-26(23)27)17-32(29)40-34(30(33)18-38)45-21-24-10-7-13-41(24)3/h6,9,12,16-17,24-25,29,32H,1,4-5,7-8,10-11,13-15,19-21H2,3H3/t24-,25-,29?,32?/m0/s1. The van der Waals surface area contributed by atoms with E-state index in [9.17, 15) is 14.4 Å². The maximum atomic E-state index is 16.2. The second kappa shape index (κ2) is 13.0. The van der Waals surface area contributed by atoms with Gasteiger partial charge in [-0.15, -0.1) is 0 Å². The summed E-state index contributed by atoms with van der Waals surface area (Å²) in [5.41, 5.74) is 4.63. The van der Waals surface area contributed by atoms with Crippen LogP contribution in [0.25, 0.3) is 10.4 Å². The van der Waals surface area contributed by atoms with Gasteiger partial charge in [0.25, 0.3) is 5.91 Å². The molecule has 0 radical (unpaired) electrons. The third-order valence-electron chi connectivity index (χ3n) is 9.84. The van der Waals surface area contributed by atoms with Gasteiger partial charge in [-0.1, -0.05) is 24.8 Å². The topological polar surface area (TPSA) is 76.5 Å². The molecule has 1 aromatic carbocycles. The highest BCUT2D eigenvalue weighted by Gasteiger charge is 2.42. The fourth-order valence-corrected chi connectivity index (χ4v) is 7.49. The van der Waals surface area contributed by atoms with Gasteiger partial charge in [-0.2, -0.15) is 5.26 Å². The van der Waals surface area contributed by atoms with E-state index in [1.54, 1.807) is 6.08 Å². The Kier molecular flexibility index (Phi) is 8.87. The molecule has 3 aliphatic heterocycles. The Balaban J connectivity index is 1.39. The smallest absolute Gasteiger partial charge is 0.282 e. The van der Waals surface area contributed by atoms with Crippen molar-refractivity contribution in [1.82, 2.24) is 14.7 Å². The summed E-state index contributed by atoms with van der Waals surface area (Å²) in [5, 5.41) is 10.5. The van der Waals surface area contributed by atoms with Gasteiger partial charge in [-0.25, -0.2) is 20.3 Å². The zero-order chi connectivity index (χ0) is 31.7. The number of likely N-dealkylation sites (tertiary alicyclic amines) is 1. The molecule has 4 atom stereocenters. The van der Waals surface area contributed by atoms with Gasteiger partial charge in [0.05, 0.1) is 6.04 Å². The monoisotopic (exact) mass is 612 g/mol. The molecule has 0 spiro atoms. The summed E-state index contributed by atoms with van der Waals surface area (Å²) in [6.45, 7) is 12.5. The normalized spacial score (nSPS) is 26.6. The van der Waals surface area contributed by atoms with Crippen LogP contribution in [-0.4, -0.2) is 91.0 Å². The first kappa shape index (κ1) is 30.7. The number of rotatable bonds is 6. The fourth-order valence-electron chi connectivity index (χ4n) is 7.49. The summed E-state index contributed by atoms with van der Waals surface area (Å²) >= 11 is 0. The van der Waals surface area contributed by atoms with Crippen LogP contribution in [0.15, 0.2) is 64.8 Å². The van der Waals surface area contributed by atoms with Crippen LogP contribution in [0.3, 0.4) is 0 Å². The third-order valence-corrected chi connectivity index (χ3v) is 9.84. The Hall–Kier alpha value is -4.28. The summed E-state index contributed by atoms with van der Waals surface area (Å²) in [7, 11) is 2.06. The SMILES string of the molecule is [C-]#[N+]C[C@H]1CN(C2=C(C#N)C(OC[C@@H]3CCCN3C)=NC3C=C(c4cccc5c4CCCC5)C(F)=CC23)CCN1C(=O)C(=C)F. The number of carbonyl (C=O) groups excluding carboxylic acids is 1. The second-order valence-electron chi connectivity index (χ2n) is 12.5. The molecule has 2 unspecified atom stereocenters. The molecule has 0 N–H and O–H groups in total. The first-order valence-electron chi connectivity index (χ1n) is 15.8. The van der Waals surface area contributed by atoms with Crippen LogP contribution < -0.4 is 0 Å². The van der Waals surface area contributed by atoms with Crippen LogP contribution in [0.2, 0.25) is 0 Å². The summed E-state index contributed by atoms with van der Waals surface area (Å²) < 4.78 is 36.4. The fraction of sp³-hybridized carbons (Fsp3) is 0.486. The minimum absolute atomic E-state index is 0.0440. The molecule has 6 rings (SSSR count). The number of fused-ring (bicyclic) bond motifs is 2. The minimum Gasteiger partial charge on any atom is -0.475 e. The lowest BCUT2D eigenvalue weighted by molar-refractivity contribution is -0.132. The first-order valence-corrected chi connectivity index (χ1v) is 15.8. The van der Waals surface area contributed by atoms with E-state index < -0.39 is 29.7 Å². The van der Waals surface area contributed by atoms with Crippen molar-refractivity contribution >= 4 is 17.4 Å². The number of halogens is 2. The van der Waals surface area contributed by atoms with E-state index in [4.69, 9.17) is 16.3 Å². The maximum Gasteiger partial charge on any atom is 0.282 e. The molecule has 45 heavy (non-hydrogen) atoms. The molecule has 2 aliphatic carbocycles. The highest BCUT2D eigenvalue weighted by molar-refractivity contribution is 6.00. The van der Waals surface area contributed by atoms with Gasteiger partial charge in [-0.3, -0.25) is 4.79 Å². The molecule has 0 bridgehead atoms. The van der Waals surface area contributed by atoms with E-state index in [2.05, 4.69) is 35.5 Å². The number of aliphatic imine (C=N–C) groups is 1. The Morgan fingerprint density at radius 1 is 1.20 bits per heavy atom. The molecule has 2 fully saturated rings. The quantitative estimate of drug-likeness (QED) is 0.333. The van der Waals surface area contributed by atoms with Crippen molar-refractivity contribution in [3.8, 4) is 6.07 Å². The number of aryl methyl sites for hydroxylation is 1. The molecular weight excluding hydrogens is 574 g/mol. The van der Waals surface area contributed by atoms with Crippen molar-refractivity contribution in [3.05, 3.63) is 88.0 Å². The lowest BCUT2D eigenvalue weighted by Crippen LogP contribution is -2.57. The van der Waals surface area contributed by atoms with Crippen molar-refractivity contribution in [1.29, 1.82) is 5.26 Å². The lowest BCUT2D eigenvalue weighted by atomic mass is 9.79. The van der Waals surface area contributed by atoms with E-state index in [0.717, 1.165) is 50.6 Å². The van der Waals surface area contributed by atoms with E-state index in [1.165, 1.54) is 16.0 Å². The molecule has 8 nitrogen and oxygen atoms in total.